The first-order chi connectivity index (χ1) is 10.8. The Morgan fingerprint density at radius 2 is 1.30 bits per heavy atom. The molecule has 2 aliphatic rings. The van der Waals surface area contributed by atoms with Crippen LogP contribution in [0.5, 0.6) is 0 Å². The lowest BCUT2D eigenvalue weighted by atomic mass is 9.81. The molecule has 23 heavy (non-hydrogen) atoms. The Morgan fingerprint density at radius 1 is 0.913 bits per heavy atom. The van der Waals surface area contributed by atoms with Gasteiger partial charge in [-0.15, -0.1) is 0 Å². The first-order valence-electron chi connectivity index (χ1n) is 7.14. The van der Waals surface area contributed by atoms with E-state index in [1.807, 2.05) is 0 Å². The Hall–Kier alpha value is -2.14. The maximum Gasteiger partial charge on any atom is 0.197 e. The third kappa shape index (κ3) is 1.42. The van der Waals surface area contributed by atoms with Crippen molar-refractivity contribution in [2.24, 2.45) is 0 Å². The molecular formula is C18H12F4O. The van der Waals surface area contributed by atoms with Gasteiger partial charge in [-0.2, -0.15) is 0 Å². The van der Waals surface area contributed by atoms with Crippen LogP contribution in [-0.4, -0.2) is 10.7 Å². The second-order valence-corrected chi connectivity index (χ2v) is 6.18. The van der Waals surface area contributed by atoms with Crippen molar-refractivity contribution in [3.8, 4) is 0 Å². The molecule has 0 spiro atoms. The molecule has 2 aromatic rings. The van der Waals surface area contributed by atoms with Gasteiger partial charge in [0.15, 0.2) is 23.3 Å². The van der Waals surface area contributed by atoms with Crippen molar-refractivity contribution in [1.29, 1.82) is 0 Å². The second kappa shape index (κ2) is 4.23. The fraction of sp³-hybridized carbons (Fsp3) is 0.222. The Labute approximate surface area is 129 Å². The summed E-state index contributed by atoms with van der Waals surface area (Å²) in [7, 11) is 0. The van der Waals surface area contributed by atoms with E-state index >= 15 is 0 Å². The van der Waals surface area contributed by atoms with E-state index in [4.69, 9.17) is 0 Å². The summed E-state index contributed by atoms with van der Waals surface area (Å²) < 4.78 is 56.2. The van der Waals surface area contributed by atoms with Gasteiger partial charge in [0.2, 0.25) is 0 Å². The molecule has 2 aromatic carbocycles. The van der Waals surface area contributed by atoms with Crippen molar-refractivity contribution < 1.29 is 22.7 Å². The molecule has 2 atom stereocenters. The summed E-state index contributed by atoms with van der Waals surface area (Å²) >= 11 is 0. The molecule has 2 aliphatic carbocycles. The molecule has 0 fully saturated rings. The summed E-state index contributed by atoms with van der Waals surface area (Å²) in [6, 6.07) is 6.75. The van der Waals surface area contributed by atoms with Gasteiger partial charge < -0.3 is 5.11 Å². The highest BCUT2D eigenvalue weighted by atomic mass is 19.2. The predicted octanol–water partition coefficient (Wildman–Crippen LogP) is 4.14. The molecule has 0 saturated carbocycles. The molecule has 0 aromatic heterocycles. The first-order valence-corrected chi connectivity index (χ1v) is 7.14. The number of aliphatic hydroxyl groups is 1. The largest absolute Gasteiger partial charge is 0.384 e. The van der Waals surface area contributed by atoms with Crippen molar-refractivity contribution >= 4 is 0 Å². The van der Waals surface area contributed by atoms with E-state index in [9.17, 15) is 22.7 Å². The zero-order valence-electron chi connectivity index (χ0n) is 12.1. The quantitative estimate of drug-likeness (QED) is 0.362. The van der Waals surface area contributed by atoms with E-state index in [1.165, 1.54) is 0 Å². The van der Waals surface area contributed by atoms with Crippen molar-refractivity contribution in [3.05, 3.63) is 81.9 Å². The molecule has 0 amide bonds. The molecule has 0 saturated heterocycles. The Balaban J connectivity index is 2.16. The van der Waals surface area contributed by atoms with Gasteiger partial charge in [0, 0.05) is 23.0 Å². The van der Waals surface area contributed by atoms with Gasteiger partial charge in [-0.3, -0.25) is 0 Å². The molecule has 0 heterocycles. The van der Waals surface area contributed by atoms with E-state index in [0.717, 1.165) is 0 Å². The summed E-state index contributed by atoms with van der Waals surface area (Å²) in [6.07, 6.45) is 0. The lowest BCUT2D eigenvalue weighted by Gasteiger charge is -2.29. The molecular weight excluding hydrogens is 308 g/mol. The third-order valence-electron chi connectivity index (χ3n) is 5.10. The summed E-state index contributed by atoms with van der Waals surface area (Å²) in [6.45, 7) is 5.28. The average molecular weight is 320 g/mol. The highest BCUT2D eigenvalue weighted by Gasteiger charge is 2.62. The van der Waals surface area contributed by atoms with Gasteiger partial charge in [-0.25, -0.2) is 17.6 Å². The number of halogens is 4. The van der Waals surface area contributed by atoms with Gasteiger partial charge in [0.25, 0.3) is 0 Å². The van der Waals surface area contributed by atoms with Crippen LogP contribution in [0.3, 0.4) is 0 Å². The normalized spacial score (nSPS) is 27.0. The summed E-state index contributed by atoms with van der Waals surface area (Å²) in [4.78, 5) is 0. The van der Waals surface area contributed by atoms with Crippen molar-refractivity contribution in [1.82, 2.24) is 0 Å². The number of hydrogen-bond acceptors (Lipinski definition) is 1. The summed E-state index contributed by atoms with van der Waals surface area (Å²) in [5.74, 6) is -8.59. The highest BCUT2D eigenvalue weighted by molar-refractivity contribution is 5.66. The zero-order chi connectivity index (χ0) is 16.7. The van der Waals surface area contributed by atoms with Gasteiger partial charge in [0.1, 0.15) is 5.60 Å². The minimum Gasteiger partial charge on any atom is -0.384 e. The van der Waals surface area contributed by atoms with Crippen LogP contribution in [0.25, 0.3) is 0 Å². The molecule has 5 heteroatoms. The lowest BCUT2D eigenvalue weighted by Crippen LogP contribution is -2.34. The van der Waals surface area contributed by atoms with Gasteiger partial charge >= 0.3 is 0 Å². The van der Waals surface area contributed by atoms with Crippen molar-refractivity contribution in [2.75, 3.05) is 0 Å². The maximum atomic E-state index is 14.4. The van der Waals surface area contributed by atoms with Crippen molar-refractivity contribution in [3.63, 3.8) is 0 Å². The molecule has 2 unspecified atom stereocenters. The summed E-state index contributed by atoms with van der Waals surface area (Å²) in [5.41, 5.74) is -0.862. The van der Waals surface area contributed by atoms with E-state index in [-0.39, 0.29) is 11.1 Å². The highest BCUT2D eigenvalue weighted by Crippen LogP contribution is 2.65. The molecule has 0 aliphatic heterocycles. The van der Waals surface area contributed by atoms with Crippen LogP contribution in [0.1, 0.15) is 41.0 Å². The standard InChI is InChI=1S/C18H12F4O/c1-7(2)18(23)12-8-5-3-4-6-9(8)13(18)11-10(12)14(19)16(21)17(22)15(11)20/h3-6,12-13,23H,1H2,2H3. The fourth-order valence-electron chi connectivity index (χ4n) is 4.15. The maximum absolute atomic E-state index is 14.4. The zero-order valence-corrected chi connectivity index (χ0v) is 12.1. The van der Waals surface area contributed by atoms with Crippen LogP contribution in [0.4, 0.5) is 17.6 Å². The molecule has 1 N–H and O–H groups in total. The fourth-order valence-corrected chi connectivity index (χ4v) is 4.15. The lowest BCUT2D eigenvalue weighted by molar-refractivity contribution is 0.0689. The van der Waals surface area contributed by atoms with E-state index in [1.54, 1.807) is 31.2 Å². The Bertz CT molecular complexity index is 825. The molecule has 0 radical (unpaired) electrons. The molecule has 1 nitrogen and oxygen atoms in total. The van der Waals surface area contributed by atoms with E-state index in [0.29, 0.717) is 16.7 Å². The Morgan fingerprint density at radius 3 is 1.65 bits per heavy atom. The minimum absolute atomic E-state index is 0.291. The second-order valence-electron chi connectivity index (χ2n) is 6.18. The van der Waals surface area contributed by atoms with Crippen LogP contribution in [0.15, 0.2) is 36.4 Å². The van der Waals surface area contributed by atoms with E-state index in [2.05, 4.69) is 6.58 Å². The van der Waals surface area contributed by atoms with Crippen LogP contribution < -0.4 is 0 Å². The van der Waals surface area contributed by atoms with Crippen molar-refractivity contribution in [2.45, 2.75) is 24.4 Å². The molecule has 2 bridgehead atoms. The molecule has 118 valence electrons. The minimum atomic E-state index is -1.85. The average Bonchev–Trinajstić information content (AvgIpc) is 2.96. The van der Waals surface area contributed by atoms with Crippen LogP contribution in [0.2, 0.25) is 0 Å². The van der Waals surface area contributed by atoms with Crippen LogP contribution in [0, 0.1) is 23.3 Å². The van der Waals surface area contributed by atoms with Gasteiger partial charge in [-0.1, -0.05) is 30.8 Å². The number of fused-ring (bicyclic) bond motifs is 8. The van der Waals surface area contributed by atoms with Gasteiger partial charge in [-0.05, 0) is 23.6 Å². The first kappa shape index (κ1) is 14.5. The SMILES string of the molecule is C=C(C)C1(O)C2c3ccccc3C1c1c(F)c(F)c(F)c(F)c12. The van der Waals surface area contributed by atoms with Crippen LogP contribution >= 0.6 is 0 Å². The number of rotatable bonds is 1. The molecule has 4 rings (SSSR count). The van der Waals surface area contributed by atoms with Crippen LogP contribution in [-0.2, 0) is 0 Å². The number of hydrogen-bond donors (Lipinski definition) is 1. The topological polar surface area (TPSA) is 20.2 Å². The smallest absolute Gasteiger partial charge is 0.197 e. The Kier molecular flexibility index (Phi) is 2.66. The van der Waals surface area contributed by atoms with Gasteiger partial charge in [0.05, 0.1) is 0 Å². The summed E-state index contributed by atoms with van der Waals surface area (Å²) in [5, 5.41) is 11.2. The monoisotopic (exact) mass is 320 g/mol. The van der Waals surface area contributed by atoms with E-state index < -0.39 is 40.7 Å². The predicted molar refractivity (Wildman–Crippen MR) is 76.2 cm³/mol. The third-order valence-corrected chi connectivity index (χ3v) is 5.10. The number of benzene rings is 2.